The average Bonchev–Trinajstić information content (AvgIpc) is 2.91. The number of nitrogens with zero attached hydrogens (tertiary/aromatic N) is 1. The van der Waals surface area contributed by atoms with Crippen LogP contribution in [0.2, 0.25) is 5.02 Å². The summed E-state index contributed by atoms with van der Waals surface area (Å²) in [6.07, 6.45) is 0. The molecule has 0 spiro atoms. The molecule has 146 valence electrons. The molecule has 0 fully saturated rings. The molecule has 5 nitrogen and oxygen atoms in total. The number of halogens is 1. The lowest BCUT2D eigenvalue weighted by molar-refractivity contribution is -0.133. The van der Waals surface area contributed by atoms with Gasteiger partial charge in [0.2, 0.25) is 5.91 Å². The third-order valence-corrected chi connectivity index (χ3v) is 5.22. The highest BCUT2D eigenvalue weighted by molar-refractivity contribution is 6.30. The molecule has 3 aromatic carbocycles. The lowest BCUT2D eigenvalue weighted by atomic mass is 9.87. The van der Waals surface area contributed by atoms with Crippen molar-refractivity contribution < 1.29 is 14.7 Å². The maximum Gasteiger partial charge on any atom is 0.268 e. The van der Waals surface area contributed by atoms with Crippen LogP contribution in [0.4, 0.5) is 11.4 Å². The summed E-state index contributed by atoms with van der Waals surface area (Å²) >= 11 is 6.08. The maximum atomic E-state index is 13.3. The van der Waals surface area contributed by atoms with Gasteiger partial charge < -0.3 is 10.4 Å². The van der Waals surface area contributed by atoms with Gasteiger partial charge in [-0.15, -0.1) is 0 Å². The molecule has 4 rings (SSSR count). The first-order valence-electron chi connectivity index (χ1n) is 9.16. The normalized spacial score (nSPS) is 17.9. The van der Waals surface area contributed by atoms with Gasteiger partial charge in [0, 0.05) is 16.3 Å². The monoisotopic (exact) mass is 406 g/mol. The molecule has 2 N–H and O–H groups in total. The summed E-state index contributed by atoms with van der Waals surface area (Å²) in [6, 6.07) is 20.9. The second-order valence-corrected chi connectivity index (χ2v) is 7.48. The summed E-state index contributed by atoms with van der Waals surface area (Å²) < 4.78 is 0. The number of rotatable bonds is 4. The first kappa shape index (κ1) is 19.2. The molecule has 0 aromatic heterocycles. The number of hydrogen-bond acceptors (Lipinski definition) is 3. The van der Waals surface area contributed by atoms with Gasteiger partial charge in [0.05, 0.1) is 5.69 Å². The third kappa shape index (κ3) is 3.39. The zero-order valence-corrected chi connectivity index (χ0v) is 16.5. The van der Waals surface area contributed by atoms with Gasteiger partial charge in [0.1, 0.15) is 6.54 Å². The maximum absolute atomic E-state index is 13.3. The summed E-state index contributed by atoms with van der Waals surface area (Å²) in [6.45, 7) is 1.72. The minimum Gasteiger partial charge on any atom is -0.372 e. The van der Waals surface area contributed by atoms with Gasteiger partial charge in [0.15, 0.2) is 5.60 Å². The van der Waals surface area contributed by atoms with Crippen molar-refractivity contribution in [2.75, 3.05) is 16.8 Å². The van der Waals surface area contributed by atoms with Gasteiger partial charge in [-0.25, -0.2) is 0 Å². The summed E-state index contributed by atoms with van der Waals surface area (Å²) in [5, 5.41) is 14.7. The number of amides is 2. The second-order valence-electron chi connectivity index (χ2n) is 7.05. The third-order valence-electron chi connectivity index (χ3n) is 4.99. The minimum absolute atomic E-state index is 0.216. The van der Waals surface area contributed by atoms with Crippen LogP contribution < -0.4 is 10.2 Å². The summed E-state index contributed by atoms with van der Waals surface area (Å²) in [7, 11) is 0. The van der Waals surface area contributed by atoms with Crippen molar-refractivity contribution >= 4 is 34.8 Å². The molecule has 0 aliphatic carbocycles. The van der Waals surface area contributed by atoms with Crippen molar-refractivity contribution in [1.29, 1.82) is 0 Å². The molecular weight excluding hydrogens is 388 g/mol. The van der Waals surface area contributed by atoms with Gasteiger partial charge >= 0.3 is 0 Å². The number of carbonyl (C=O) groups excluding carboxylic acids is 2. The van der Waals surface area contributed by atoms with Crippen LogP contribution in [0.15, 0.2) is 72.8 Å². The molecule has 0 bridgehead atoms. The lowest BCUT2D eigenvalue weighted by Gasteiger charge is -2.23. The number of hydrogen-bond donors (Lipinski definition) is 2. The van der Waals surface area contributed by atoms with Gasteiger partial charge in [-0.3, -0.25) is 14.5 Å². The smallest absolute Gasteiger partial charge is 0.268 e. The highest BCUT2D eigenvalue weighted by atomic mass is 35.5. The molecule has 0 saturated heterocycles. The molecule has 6 heteroatoms. The molecule has 3 aromatic rings. The van der Waals surface area contributed by atoms with Crippen LogP contribution in [0, 0.1) is 6.92 Å². The Labute approximate surface area is 173 Å². The zero-order valence-electron chi connectivity index (χ0n) is 15.7. The highest BCUT2D eigenvalue weighted by Crippen LogP contribution is 2.44. The molecule has 29 heavy (non-hydrogen) atoms. The molecular formula is C23H19ClN2O3. The summed E-state index contributed by atoms with van der Waals surface area (Å²) in [5.74, 6) is -0.936. The molecule has 1 aliphatic rings. The van der Waals surface area contributed by atoms with E-state index < -0.39 is 11.5 Å². The Hall–Kier alpha value is -3.15. The largest absolute Gasteiger partial charge is 0.372 e. The number of aliphatic hydroxyl groups is 1. The van der Waals surface area contributed by atoms with Gasteiger partial charge in [-0.05, 0) is 48.4 Å². The Morgan fingerprint density at radius 3 is 2.59 bits per heavy atom. The zero-order chi connectivity index (χ0) is 20.6. The predicted octanol–water partition coefficient (Wildman–Crippen LogP) is 3.87. The molecule has 1 aliphatic heterocycles. The van der Waals surface area contributed by atoms with Crippen LogP contribution in [-0.4, -0.2) is 23.5 Å². The number of fused-ring (bicyclic) bond motifs is 1. The summed E-state index contributed by atoms with van der Waals surface area (Å²) in [4.78, 5) is 27.2. The molecule has 0 saturated carbocycles. The second kappa shape index (κ2) is 7.35. The van der Waals surface area contributed by atoms with E-state index in [1.165, 1.54) is 4.90 Å². The van der Waals surface area contributed by atoms with Crippen LogP contribution in [0.1, 0.15) is 16.7 Å². The van der Waals surface area contributed by atoms with Crippen molar-refractivity contribution in [3.05, 3.63) is 94.5 Å². The Morgan fingerprint density at radius 1 is 1.07 bits per heavy atom. The van der Waals surface area contributed by atoms with Crippen LogP contribution in [0.3, 0.4) is 0 Å². The quantitative estimate of drug-likeness (QED) is 0.691. The average molecular weight is 407 g/mol. The molecule has 1 heterocycles. The van der Waals surface area contributed by atoms with E-state index in [9.17, 15) is 14.7 Å². The summed E-state index contributed by atoms with van der Waals surface area (Å²) in [5.41, 5.74) is 1.06. The Kier molecular flexibility index (Phi) is 4.86. The number of carbonyl (C=O) groups is 2. The fourth-order valence-electron chi connectivity index (χ4n) is 3.65. The van der Waals surface area contributed by atoms with E-state index in [0.29, 0.717) is 27.5 Å². The van der Waals surface area contributed by atoms with E-state index in [4.69, 9.17) is 11.6 Å². The minimum atomic E-state index is -1.90. The fourth-order valence-corrected chi connectivity index (χ4v) is 3.84. The molecule has 1 atom stereocenters. The van der Waals surface area contributed by atoms with Crippen LogP contribution >= 0.6 is 11.6 Å². The topological polar surface area (TPSA) is 69.6 Å². The fraction of sp³-hybridized carbons (Fsp3) is 0.130. The van der Waals surface area contributed by atoms with E-state index in [-0.39, 0.29) is 12.5 Å². The highest BCUT2D eigenvalue weighted by Gasteiger charge is 2.51. The van der Waals surface area contributed by atoms with E-state index in [0.717, 1.165) is 5.56 Å². The van der Waals surface area contributed by atoms with Crippen molar-refractivity contribution in [1.82, 2.24) is 0 Å². The van der Waals surface area contributed by atoms with Crippen LogP contribution in [0.25, 0.3) is 0 Å². The molecule has 1 unspecified atom stereocenters. The Balaban J connectivity index is 1.67. The number of anilines is 2. The van der Waals surface area contributed by atoms with E-state index in [2.05, 4.69) is 5.32 Å². The van der Waals surface area contributed by atoms with E-state index >= 15 is 0 Å². The number of benzene rings is 3. The first-order valence-corrected chi connectivity index (χ1v) is 9.54. The van der Waals surface area contributed by atoms with Crippen molar-refractivity contribution in [3.8, 4) is 0 Å². The van der Waals surface area contributed by atoms with Crippen molar-refractivity contribution in [3.63, 3.8) is 0 Å². The number of aryl methyl sites for hydroxylation is 1. The van der Waals surface area contributed by atoms with Gasteiger partial charge in [-0.1, -0.05) is 54.1 Å². The standard InChI is InChI=1S/C23H19ClN2O3/c1-15-6-4-9-18(12-15)25-21(27)14-26-20-11-3-2-10-19(20)23(29,22(26)28)16-7-5-8-17(24)13-16/h2-13,29H,14H2,1H3,(H,25,27). The SMILES string of the molecule is Cc1cccc(NC(=O)CN2C(=O)C(O)(c3cccc(Cl)c3)c3ccccc32)c1. The van der Waals surface area contributed by atoms with E-state index in [1.807, 2.05) is 25.1 Å². The first-order chi connectivity index (χ1) is 13.9. The Bertz CT molecular complexity index is 1110. The predicted molar refractivity (Wildman–Crippen MR) is 113 cm³/mol. The van der Waals surface area contributed by atoms with Crippen molar-refractivity contribution in [2.24, 2.45) is 0 Å². The Morgan fingerprint density at radius 2 is 1.83 bits per heavy atom. The lowest BCUT2D eigenvalue weighted by Crippen LogP contribution is -2.44. The van der Waals surface area contributed by atoms with Crippen molar-refractivity contribution in [2.45, 2.75) is 12.5 Å². The number of para-hydroxylation sites is 1. The van der Waals surface area contributed by atoms with Crippen LogP contribution in [0.5, 0.6) is 0 Å². The van der Waals surface area contributed by atoms with E-state index in [1.54, 1.807) is 54.6 Å². The number of nitrogens with one attached hydrogen (secondary N) is 1. The molecule has 0 radical (unpaired) electrons. The van der Waals surface area contributed by atoms with Crippen LogP contribution in [-0.2, 0) is 15.2 Å². The van der Waals surface area contributed by atoms with Gasteiger partial charge in [-0.2, -0.15) is 0 Å². The molecule has 2 amide bonds. The van der Waals surface area contributed by atoms with Gasteiger partial charge in [0.25, 0.3) is 5.91 Å².